The summed E-state index contributed by atoms with van der Waals surface area (Å²) in [6, 6.07) is 7.03. The average Bonchev–Trinajstić information content (AvgIpc) is 2.64. The Kier molecular flexibility index (Phi) is 3.95. The fourth-order valence-corrected chi connectivity index (χ4v) is 4.94. The van der Waals surface area contributed by atoms with Crippen LogP contribution in [-0.2, 0) is 0 Å². The molecule has 0 radical (unpaired) electrons. The Hall–Kier alpha value is -1.82. The first-order valence-corrected chi connectivity index (χ1v) is 9.02. The summed E-state index contributed by atoms with van der Waals surface area (Å²) in [6.07, 6.45) is 2.54. The molecule has 136 valence electrons. The fourth-order valence-electron chi connectivity index (χ4n) is 4.73. The van der Waals surface area contributed by atoms with E-state index >= 15 is 0 Å². The van der Waals surface area contributed by atoms with Crippen molar-refractivity contribution in [3.05, 3.63) is 40.4 Å². The summed E-state index contributed by atoms with van der Waals surface area (Å²) in [5, 5.41) is 1.68. The fraction of sp³-hybridized carbons (Fsp3) is 0.368. The van der Waals surface area contributed by atoms with E-state index in [0.29, 0.717) is 32.6 Å². The van der Waals surface area contributed by atoms with Crippen LogP contribution in [0.5, 0.6) is 0 Å². The number of fused-ring (bicyclic) bond motifs is 3. The van der Waals surface area contributed by atoms with Gasteiger partial charge in [-0.3, -0.25) is 14.5 Å². The zero-order valence-electron chi connectivity index (χ0n) is 14.1. The molecule has 4 aliphatic rings. The number of anilines is 1. The van der Waals surface area contributed by atoms with Crippen LogP contribution in [0.2, 0.25) is 5.02 Å². The van der Waals surface area contributed by atoms with Gasteiger partial charge in [0.2, 0.25) is 0 Å². The normalized spacial score (nSPS) is 27.0. The molecule has 3 saturated heterocycles. The molecule has 0 aliphatic carbocycles. The number of nitrogen functional groups attached to an aromatic ring is 1. The quantitative estimate of drug-likeness (QED) is 0.597. The molecule has 6 rings (SSSR count). The molecule has 2 amide bonds. The van der Waals surface area contributed by atoms with Gasteiger partial charge in [0.15, 0.2) is 0 Å². The number of nitrogens with zero attached hydrogens (tertiary/aromatic N) is 2. The largest absolute Gasteiger partial charge is 0.397 e. The van der Waals surface area contributed by atoms with Crippen molar-refractivity contribution in [3.8, 4) is 0 Å². The Bertz CT molecular complexity index is 938. The molecular formula is C19H19Cl2N3O2. The summed E-state index contributed by atoms with van der Waals surface area (Å²) in [7, 11) is 0. The molecule has 2 bridgehead atoms. The Labute approximate surface area is 162 Å². The third kappa shape index (κ3) is 2.14. The number of carbonyl (C=O) groups is 2. The predicted octanol–water partition coefficient (Wildman–Crippen LogP) is 3.33. The molecule has 2 N–H and O–H groups in total. The van der Waals surface area contributed by atoms with E-state index in [-0.39, 0.29) is 29.8 Å². The molecule has 0 unspecified atom stereocenters. The molecule has 4 aliphatic heterocycles. The van der Waals surface area contributed by atoms with Gasteiger partial charge >= 0.3 is 0 Å². The molecule has 2 aromatic rings. The molecule has 0 saturated carbocycles. The number of piperidine rings is 3. The maximum atomic E-state index is 13.3. The van der Waals surface area contributed by atoms with Crippen LogP contribution in [0, 0.1) is 0 Å². The highest BCUT2D eigenvalue weighted by Gasteiger charge is 2.50. The van der Waals surface area contributed by atoms with Crippen molar-refractivity contribution in [1.29, 1.82) is 0 Å². The summed E-state index contributed by atoms with van der Waals surface area (Å²) in [4.78, 5) is 30.6. The number of hydrogen-bond acceptors (Lipinski definition) is 4. The van der Waals surface area contributed by atoms with Crippen molar-refractivity contribution in [2.24, 2.45) is 0 Å². The van der Waals surface area contributed by atoms with Crippen LogP contribution in [0.3, 0.4) is 0 Å². The van der Waals surface area contributed by atoms with E-state index < -0.39 is 0 Å². The molecule has 5 nitrogen and oxygen atoms in total. The van der Waals surface area contributed by atoms with E-state index in [4.69, 9.17) is 17.3 Å². The van der Waals surface area contributed by atoms with E-state index in [1.807, 2.05) is 6.07 Å². The van der Waals surface area contributed by atoms with Gasteiger partial charge in [0.1, 0.15) is 0 Å². The highest BCUT2D eigenvalue weighted by molar-refractivity contribution is 6.37. The molecule has 4 heterocycles. The molecular weight excluding hydrogens is 373 g/mol. The maximum Gasteiger partial charge on any atom is 0.261 e. The number of hydrogen-bond donors (Lipinski definition) is 1. The third-order valence-electron chi connectivity index (χ3n) is 6.17. The van der Waals surface area contributed by atoms with Gasteiger partial charge < -0.3 is 10.6 Å². The molecule has 26 heavy (non-hydrogen) atoms. The Morgan fingerprint density at radius 1 is 1.00 bits per heavy atom. The first-order valence-electron chi connectivity index (χ1n) is 8.64. The lowest BCUT2D eigenvalue weighted by Crippen LogP contribution is -2.64. The minimum Gasteiger partial charge on any atom is -0.397 e. The summed E-state index contributed by atoms with van der Waals surface area (Å²) in [5.74, 6) is -0.425. The van der Waals surface area contributed by atoms with E-state index in [0.717, 1.165) is 38.9 Å². The van der Waals surface area contributed by atoms with Crippen LogP contribution in [0.25, 0.3) is 10.8 Å². The zero-order chi connectivity index (χ0) is 17.3. The predicted molar refractivity (Wildman–Crippen MR) is 104 cm³/mol. The van der Waals surface area contributed by atoms with Crippen molar-refractivity contribution < 1.29 is 9.59 Å². The second kappa shape index (κ2) is 5.84. The van der Waals surface area contributed by atoms with E-state index in [2.05, 4.69) is 4.90 Å². The molecule has 3 fully saturated rings. The van der Waals surface area contributed by atoms with E-state index in [1.165, 1.54) is 4.90 Å². The van der Waals surface area contributed by atoms with Crippen LogP contribution in [-0.4, -0.2) is 46.8 Å². The molecule has 0 atom stereocenters. The van der Waals surface area contributed by atoms with Crippen LogP contribution < -0.4 is 5.73 Å². The molecule has 0 spiro atoms. The van der Waals surface area contributed by atoms with Crippen molar-refractivity contribution in [2.45, 2.75) is 24.8 Å². The first kappa shape index (κ1) is 17.6. The van der Waals surface area contributed by atoms with Gasteiger partial charge in [-0.1, -0.05) is 23.7 Å². The van der Waals surface area contributed by atoms with Gasteiger partial charge in [0, 0.05) is 36.0 Å². The number of carbonyl (C=O) groups excluding carboxylic acids is 2. The van der Waals surface area contributed by atoms with Gasteiger partial charge in [0.05, 0.1) is 21.8 Å². The third-order valence-corrected chi connectivity index (χ3v) is 6.49. The number of nitrogens with two attached hydrogens (primary N) is 1. The lowest BCUT2D eigenvalue weighted by atomic mass is 9.76. The van der Waals surface area contributed by atoms with Crippen LogP contribution >= 0.6 is 24.0 Å². The van der Waals surface area contributed by atoms with Crippen molar-refractivity contribution in [3.63, 3.8) is 0 Å². The van der Waals surface area contributed by atoms with Gasteiger partial charge in [-0.2, -0.15) is 0 Å². The highest BCUT2D eigenvalue weighted by atomic mass is 35.5. The standard InChI is InChI=1S/C19H18ClN3O2.ClH/c20-14-10-13-15-11(16(14)21)2-1-3-12(15)17(24)23(18(13)25)19-4-7-22(8-5-19)9-6-19;/h1-3,10H,4-9,21H2;1H. The lowest BCUT2D eigenvalue weighted by molar-refractivity contribution is -0.0136. The lowest BCUT2D eigenvalue weighted by Gasteiger charge is -2.53. The highest BCUT2D eigenvalue weighted by Crippen LogP contribution is 2.44. The van der Waals surface area contributed by atoms with Gasteiger partial charge in [-0.25, -0.2) is 0 Å². The molecule has 0 aromatic heterocycles. The van der Waals surface area contributed by atoms with Gasteiger partial charge in [0.25, 0.3) is 11.8 Å². The summed E-state index contributed by atoms with van der Waals surface area (Å²) >= 11 is 6.27. The van der Waals surface area contributed by atoms with Crippen LogP contribution in [0.1, 0.15) is 40.0 Å². The van der Waals surface area contributed by atoms with E-state index in [1.54, 1.807) is 18.2 Å². The Balaban J connectivity index is 0.00000168. The zero-order valence-corrected chi connectivity index (χ0v) is 15.7. The second-order valence-electron chi connectivity index (χ2n) is 7.31. The average molecular weight is 392 g/mol. The van der Waals surface area contributed by atoms with Crippen molar-refractivity contribution in [1.82, 2.24) is 9.80 Å². The number of halogens is 2. The summed E-state index contributed by atoms with van der Waals surface area (Å²) < 4.78 is 0. The number of benzene rings is 2. The maximum absolute atomic E-state index is 13.3. The molecule has 7 heteroatoms. The van der Waals surface area contributed by atoms with Crippen LogP contribution in [0.15, 0.2) is 24.3 Å². The van der Waals surface area contributed by atoms with Crippen LogP contribution in [0.4, 0.5) is 5.69 Å². The minimum absolute atomic E-state index is 0. The van der Waals surface area contributed by atoms with Crippen molar-refractivity contribution in [2.75, 3.05) is 25.4 Å². The molecule has 2 aromatic carbocycles. The van der Waals surface area contributed by atoms with Gasteiger partial charge in [-0.05, 0) is 31.4 Å². The topological polar surface area (TPSA) is 66.6 Å². The van der Waals surface area contributed by atoms with E-state index in [9.17, 15) is 9.59 Å². The number of rotatable bonds is 1. The SMILES string of the molecule is Cl.Nc1c(Cl)cc2c3c(cccc13)C(=O)N(C13CCN(CC1)CC3)C2=O. The number of amides is 2. The van der Waals surface area contributed by atoms with Gasteiger partial charge in [-0.15, -0.1) is 12.4 Å². The number of imide groups is 1. The Morgan fingerprint density at radius 2 is 1.62 bits per heavy atom. The van der Waals surface area contributed by atoms with Crippen molar-refractivity contribution >= 4 is 52.3 Å². The monoisotopic (exact) mass is 391 g/mol. The Morgan fingerprint density at radius 3 is 2.27 bits per heavy atom. The summed E-state index contributed by atoms with van der Waals surface area (Å²) in [6.45, 7) is 2.82. The smallest absolute Gasteiger partial charge is 0.261 e. The summed E-state index contributed by atoms with van der Waals surface area (Å²) in [5.41, 5.74) is 7.19. The minimum atomic E-state index is -0.364. The first-order chi connectivity index (χ1) is 12.0. The second-order valence-corrected chi connectivity index (χ2v) is 7.72.